The summed E-state index contributed by atoms with van der Waals surface area (Å²) >= 11 is 0. The van der Waals surface area contributed by atoms with Gasteiger partial charge >= 0.3 is 0 Å². The van der Waals surface area contributed by atoms with Crippen molar-refractivity contribution in [3.05, 3.63) is 48.3 Å². The average Bonchev–Trinajstić information content (AvgIpc) is 2.45. The average molecular weight is 248 g/mol. The molecule has 1 aromatic carbocycles. The Morgan fingerprint density at radius 2 is 1.35 bits per heavy atom. The molecule has 1 aromatic heterocycles. The van der Waals surface area contributed by atoms with E-state index in [1.165, 1.54) is 5.56 Å². The molecule has 1 unspecified atom stereocenters. The third kappa shape index (κ3) is 5.55. The van der Waals surface area contributed by atoms with Gasteiger partial charge in [-0.1, -0.05) is 50.3 Å². The number of aryl methyl sites for hydroxylation is 1. The van der Waals surface area contributed by atoms with Crippen LogP contribution in [0.3, 0.4) is 0 Å². The Morgan fingerprint density at radius 3 is 1.82 bits per heavy atom. The van der Waals surface area contributed by atoms with Crippen LogP contribution in [0.25, 0.3) is 11.4 Å². The van der Waals surface area contributed by atoms with E-state index in [4.69, 9.17) is 0 Å². The van der Waals surface area contributed by atoms with E-state index in [-0.39, 0.29) is 0 Å². The number of hydrogen-bond acceptors (Lipinski definition) is 2. The van der Waals surface area contributed by atoms with Crippen LogP contribution in [-0.2, 0) is 0 Å². The molecular weight excluding hydrogens is 227 g/mol. The molecule has 0 saturated heterocycles. The van der Waals surface area contributed by atoms with E-state index in [1.54, 1.807) is 12.4 Å². The molecular formula is C14H21N2P. The zero-order valence-corrected chi connectivity index (χ0v) is 12.2. The first-order valence-electron chi connectivity index (χ1n) is 5.78. The van der Waals surface area contributed by atoms with Gasteiger partial charge in [0.15, 0.2) is 5.82 Å². The predicted octanol–water partition coefficient (Wildman–Crippen LogP) is 3.97. The van der Waals surface area contributed by atoms with Crippen LogP contribution in [0, 0.1) is 6.92 Å². The number of aromatic nitrogens is 2. The van der Waals surface area contributed by atoms with E-state index in [9.17, 15) is 0 Å². The summed E-state index contributed by atoms with van der Waals surface area (Å²) in [6.45, 7) is 7.98. The van der Waals surface area contributed by atoms with E-state index in [2.05, 4.69) is 38.3 Å². The van der Waals surface area contributed by atoms with E-state index < -0.39 is 0 Å². The molecule has 0 aliphatic heterocycles. The molecule has 1 heterocycles. The quantitative estimate of drug-likeness (QED) is 0.714. The molecule has 1 atom stereocenters. The standard InChI is InChI=1S/C11H10N2.C2H6.CH5P/c1-9-3-5-10(6-4-9)11-12-7-2-8-13-11;2*1-2/h2-8H,1H3;1-2H3;2H2,1H3. The Labute approximate surface area is 107 Å². The minimum absolute atomic E-state index is 0.780. The molecule has 0 amide bonds. The number of hydrogen-bond donors (Lipinski definition) is 0. The van der Waals surface area contributed by atoms with Gasteiger partial charge in [-0.25, -0.2) is 9.97 Å². The van der Waals surface area contributed by atoms with Crippen molar-refractivity contribution in [3.63, 3.8) is 0 Å². The van der Waals surface area contributed by atoms with Crippen molar-refractivity contribution in [2.45, 2.75) is 20.8 Å². The van der Waals surface area contributed by atoms with Gasteiger partial charge in [-0.2, -0.15) is 0 Å². The van der Waals surface area contributed by atoms with Crippen LogP contribution in [0.15, 0.2) is 42.7 Å². The Hall–Kier alpha value is -1.27. The van der Waals surface area contributed by atoms with Crippen LogP contribution in [-0.4, -0.2) is 16.6 Å². The first kappa shape index (κ1) is 15.7. The second-order valence-electron chi connectivity index (χ2n) is 2.94. The molecule has 2 rings (SSSR count). The van der Waals surface area contributed by atoms with Crippen molar-refractivity contribution in [2.75, 3.05) is 6.66 Å². The lowest BCUT2D eigenvalue weighted by atomic mass is 10.1. The van der Waals surface area contributed by atoms with Crippen LogP contribution < -0.4 is 0 Å². The van der Waals surface area contributed by atoms with E-state index in [0.29, 0.717) is 0 Å². The van der Waals surface area contributed by atoms with Gasteiger partial charge in [0.2, 0.25) is 0 Å². The fourth-order valence-electron chi connectivity index (χ4n) is 1.15. The molecule has 2 nitrogen and oxygen atoms in total. The Morgan fingerprint density at radius 1 is 0.882 bits per heavy atom. The molecule has 0 saturated carbocycles. The van der Waals surface area contributed by atoms with Crippen LogP contribution >= 0.6 is 9.24 Å². The Kier molecular flexibility index (Phi) is 9.18. The third-order valence-corrected chi connectivity index (χ3v) is 1.88. The number of benzene rings is 1. The van der Waals surface area contributed by atoms with Gasteiger partial charge in [0, 0.05) is 18.0 Å². The highest BCUT2D eigenvalue weighted by molar-refractivity contribution is 7.15. The maximum Gasteiger partial charge on any atom is 0.159 e. The number of nitrogens with zero attached hydrogens (tertiary/aromatic N) is 2. The van der Waals surface area contributed by atoms with E-state index in [1.807, 2.05) is 38.7 Å². The van der Waals surface area contributed by atoms with Crippen molar-refractivity contribution in [1.82, 2.24) is 9.97 Å². The fraction of sp³-hybridized carbons (Fsp3) is 0.286. The molecule has 17 heavy (non-hydrogen) atoms. The van der Waals surface area contributed by atoms with Gasteiger partial charge in [0.05, 0.1) is 0 Å². The summed E-state index contributed by atoms with van der Waals surface area (Å²) in [5.41, 5.74) is 2.31. The van der Waals surface area contributed by atoms with Crippen molar-refractivity contribution >= 4 is 9.24 Å². The van der Waals surface area contributed by atoms with Crippen molar-refractivity contribution < 1.29 is 0 Å². The van der Waals surface area contributed by atoms with E-state index in [0.717, 1.165) is 11.4 Å². The predicted molar refractivity (Wildman–Crippen MR) is 79.2 cm³/mol. The van der Waals surface area contributed by atoms with Crippen molar-refractivity contribution in [2.24, 2.45) is 0 Å². The monoisotopic (exact) mass is 248 g/mol. The van der Waals surface area contributed by atoms with Gasteiger partial charge in [-0.15, -0.1) is 9.24 Å². The molecule has 0 aliphatic rings. The summed E-state index contributed by atoms with van der Waals surface area (Å²) in [6.07, 6.45) is 3.50. The summed E-state index contributed by atoms with van der Waals surface area (Å²) in [6, 6.07) is 10.0. The second-order valence-corrected chi connectivity index (χ2v) is 2.94. The lowest BCUT2D eigenvalue weighted by Gasteiger charge is -1.98. The highest BCUT2D eigenvalue weighted by Crippen LogP contribution is 2.13. The molecule has 0 N–H and O–H groups in total. The lowest BCUT2D eigenvalue weighted by molar-refractivity contribution is 1.17. The molecule has 3 heteroatoms. The highest BCUT2D eigenvalue weighted by atomic mass is 31.0. The largest absolute Gasteiger partial charge is 0.237 e. The van der Waals surface area contributed by atoms with Gasteiger partial charge in [0.1, 0.15) is 0 Å². The maximum absolute atomic E-state index is 4.17. The van der Waals surface area contributed by atoms with Crippen LogP contribution in [0.4, 0.5) is 0 Å². The zero-order valence-electron chi connectivity index (χ0n) is 11.0. The molecule has 0 radical (unpaired) electrons. The smallest absolute Gasteiger partial charge is 0.159 e. The van der Waals surface area contributed by atoms with Gasteiger partial charge in [-0.05, 0) is 13.0 Å². The lowest BCUT2D eigenvalue weighted by Crippen LogP contribution is -1.85. The van der Waals surface area contributed by atoms with Gasteiger partial charge in [-0.3, -0.25) is 0 Å². The maximum atomic E-state index is 4.17. The van der Waals surface area contributed by atoms with Crippen LogP contribution in [0.1, 0.15) is 19.4 Å². The number of rotatable bonds is 1. The fourth-order valence-corrected chi connectivity index (χ4v) is 1.15. The molecule has 0 spiro atoms. The Bertz CT molecular complexity index is 385. The van der Waals surface area contributed by atoms with Gasteiger partial charge < -0.3 is 0 Å². The Balaban J connectivity index is 0.000000581. The van der Waals surface area contributed by atoms with Crippen LogP contribution in [0.5, 0.6) is 0 Å². The molecule has 92 valence electrons. The highest BCUT2D eigenvalue weighted by Gasteiger charge is 1.97. The van der Waals surface area contributed by atoms with Crippen molar-refractivity contribution in [3.8, 4) is 11.4 Å². The molecule has 0 bridgehead atoms. The molecule has 0 aliphatic carbocycles. The SMILES string of the molecule is CC.CP.Cc1ccc(-c2ncccn2)cc1. The third-order valence-electron chi connectivity index (χ3n) is 1.88. The summed E-state index contributed by atoms with van der Waals surface area (Å²) in [5, 5.41) is 0. The summed E-state index contributed by atoms with van der Waals surface area (Å²) in [5.74, 6) is 0.780. The zero-order chi connectivity index (χ0) is 13.1. The molecule has 2 aromatic rings. The van der Waals surface area contributed by atoms with Crippen LogP contribution in [0.2, 0.25) is 0 Å². The van der Waals surface area contributed by atoms with E-state index >= 15 is 0 Å². The first-order chi connectivity index (χ1) is 8.36. The first-order valence-corrected chi connectivity index (χ1v) is 6.93. The summed E-state index contributed by atoms with van der Waals surface area (Å²) in [4.78, 5) is 8.34. The molecule has 0 fully saturated rings. The normalized spacial score (nSPS) is 8.29. The van der Waals surface area contributed by atoms with Crippen molar-refractivity contribution in [1.29, 1.82) is 0 Å². The summed E-state index contributed by atoms with van der Waals surface area (Å²) < 4.78 is 0. The minimum atomic E-state index is 0.780. The minimum Gasteiger partial charge on any atom is -0.237 e. The topological polar surface area (TPSA) is 25.8 Å². The van der Waals surface area contributed by atoms with Gasteiger partial charge in [0.25, 0.3) is 0 Å². The second kappa shape index (κ2) is 9.92. The summed E-state index contributed by atoms with van der Waals surface area (Å²) in [7, 11) is 2.42.